The van der Waals surface area contributed by atoms with Crippen LogP contribution in [0.3, 0.4) is 0 Å². The van der Waals surface area contributed by atoms with Crippen molar-refractivity contribution in [3.05, 3.63) is 60.3 Å². The molecular weight excluding hydrogens is 348 g/mol. The van der Waals surface area contributed by atoms with E-state index in [2.05, 4.69) is 11.9 Å². The van der Waals surface area contributed by atoms with Crippen LogP contribution in [0, 0.1) is 0 Å². The van der Waals surface area contributed by atoms with Crippen molar-refractivity contribution in [2.45, 2.75) is 30.2 Å². The summed E-state index contributed by atoms with van der Waals surface area (Å²) in [6, 6.07) is 13.7. The Kier molecular flexibility index (Phi) is 4.25. The first kappa shape index (κ1) is 17.1. The van der Waals surface area contributed by atoms with Gasteiger partial charge in [-0.3, -0.25) is 0 Å². The van der Waals surface area contributed by atoms with Gasteiger partial charge in [-0.15, -0.1) is 0 Å². The van der Waals surface area contributed by atoms with E-state index in [4.69, 9.17) is 0 Å². The maximum Gasteiger partial charge on any atom is 0.268 e. The average Bonchev–Trinajstić information content (AvgIpc) is 3.20. The van der Waals surface area contributed by atoms with Crippen molar-refractivity contribution in [1.82, 2.24) is 8.87 Å². The van der Waals surface area contributed by atoms with Gasteiger partial charge in [0.2, 0.25) is 0 Å². The summed E-state index contributed by atoms with van der Waals surface area (Å²) in [7, 11) is -1.58. The molecule has 1 atom stereocenters. The lowest BCUT2D eigenvalue weighted by atomic mass is 10.0. The summed E-state index contributed by atoms with van der Waals surface area (Å²) in [6.45, 7) is 1.07. The Hall–Kier alpha value is -2.31. The minimum atomic E-state index is -3.68. The SMILES string of the molecule is CN1CCCC1Cc1cn(S(=O)(=O)c2ccccc2)c2ccc(O)cc12. The predicted octanol–water partition coefficient (Wildman–Crippen LogP) is 3.22. The maximum absolute atomic E-state index is 13.1. The highest BCUT2D eigenvalue weighted by Gasteiger charge is 2.25. The van der Waals surface area contributed by atoms with Crippen LogP contribution in [0.1, 0.15) is 18.4 Å². The number of rotatable bonds is 4. The van der Waals surface area contributed by atoms with Crippen LogP contribution >= 0.6 is 0 Å². The third kappa shape index (κ3) is 2.89. The van der Waals surface area contributed by atoms with Crippen molar-refractivity contribution in [1.29, 1.82) is 0 Å². The molecule has 3 aromatic rings. The molecule has 2 aromatic carbocycles. The zero-order valence-corrected chi connectivity index (χ0v) is 15.5. The summed E-state index contributed by atoms with van der Waals surface area (Å²) in [5.41, 5.74) is 1.55. The molecule has 0 bridgehead atoms. The van der Waals surface area contributed by atoms with Gasteiger partial charge in [0.05, 0.1) is 10.4 Å². The second-order valence-corrected chi connectivity index (χ2v) is 8.77. The molecular formula is C20H22N2O3S. The lowest BCUT2D eigenvalue weighted by Gasteiger charge is -2.18. The molecule has 0 saturated carbocycles. The van der Waals surface area contributed by atoms with Crippen LogP contribution in [-0.4, -0.2) is 42.0 Å². The van der Waals surface area contributed by atoms with Gasteiger partial charge in [0.15, 0.2) is 0 Å². The highest BCUT2D eigenvalue weighted by Crippen LogP contribution is 2.31. The standard InChI is InChI=1S/C20H22N2O3S/c1-21-11-5-6-16(21)12-15-14-22(20-10-9-17(23)13-19(15)20)26(24,25)18-7-3-2-4-8-18/h2-4,7-10,13-14,16,23H,5-6,11-12H2,1H3. The topological polar surface area (TPSA) is 62.5 Å². The van der Waals surface area contributed by atoms with Crippen LogP contribution in [0.25, 0.3) is 10.9 Å². The van der Waals surface area contributed by atoms with Crippen LogP contribution in [0.4, 0.5) is 0 Å². The quantitative estimate of drug-likeness (QED) is 0.766. The number of benzene rings is 2. The molecule has 0 radical (unpaired) electrons. The van der Waals surface area contributed by atoms with Gasteiger partial charge in [-0.05, 0) is 68.8 Å². The second kappa shape index (κ2) is 6.45. The molecule has 1 fully saturated rings. The number of likely N-dealkylation sites (N-methyl/N-ethyl adjacent to an activating group) is 1. The molecule has 136 valence electrons. The molecule has 0 spiro atoms. The molecule has 6 heteroatoms. The van der Waals surface area contributed by atoms with Crippen LogP contribution in [-0.2, 0) is 16.4 Å². The number of hydrogen-bond acceptors (Lipinski definition) is 4. The molecule has 5 nitrogen and oxygen atoms in total. The number of nitrogens with zero attached hydrogens (tertiary/aromatic N) is 2. The molecule has 1 aliphatic heterocycles. The van der Waals surface area contributed by atoms with Gasteiger partial charge in [-0.25, -0.2) is 12.4 Å². The lowest BCUT2D eigenvalue weighted by molar-refractivity contribution is 0.310. The Morgan fingerprint density at radius 3 is 2.62 bits per heavy atom. The number of aromatic nitrogens is 1. The molecule has 26 heavy (non-hydrogen) atoms. The Labute approximate surface area is 153 Å². The monoisotopic (exact) mass is 370 g/mol. The second-order valence-electron chi connectivity index (χ2n) is 6.95. The van der Waals surface area contributed by atoms with Gasteiger partial charge in [-0.1, -0.05) is 18.2 Å². The van der Waals surface area contributed by atoms with Gasteiger partial charge in [0.25, 0.3) is 10.0 Å². The number of aromatic hydroxyl groups is 1. The van der Waals surface area contributed by atoms with Crippen molar-refractivity contribution in [2.24, 2.45) is 0 Å². The summed E-state index contributed by atoms with van der Waals surface area (Å²) in [5.74, 6) is 0.147. The van der Waals surface area contributed by atoms with E-state index in [1.54, 1.807) is 48.7 Å². The molecule has 1 aromatic heterocycles. The largest absolute Gasteiger partial charge is 0.508 e. The molecule has 2 heterocycles. The summed E-state index contributed by atoms with van der Waals surface area (Å²) >= 11 is 0. The van der Waals surface area contributed by atoms with Crippen molar-refractivity contribution < 1.29 is 13.5 Å². The third-order valence-corrected chi connectivity index (χ3v) is 6.95. The van der Waals surface area contributed by atoms with Crippen LogP contribution in [0.15, 0.2) is 59.6 Å². The van der Waals surface area contributed by atoms with Crippen molar-refractivity contribution in [2.75, 3.05) is 13.6 Å². The number of phenols is 1. The molecule has 1 aliphatic rings. The Bertz CT molecular complexity index is 1040. The van der Waals surface area contributed by atoms with E-state index in [-0.39, 0.29) is 10.6 Å². The minimum absolute atomic E-state index is 0.147. The fourth-order valence-corrected chi connectivity index (χ4v) is 5.22. The Balaban J connectivity index is 1.86. The van der Waals surface area contributed by atoms with E-state index in [0.29, 0.717) is 11.6 Å². The first-order chi connectivity index (χ1) is 12.5. The normalized spacial score (nSPS) is 18.6. The van der Waals surface area contributed by atoms with Crippen molar-refractivity contribution in [3.8, 4) is 5.75 Å². The molecule has 1 saturated heterocycles. The van der Waals surface area contributed by atoms with Gasteiger partial charge in [-0.2, -0.15) is 0 Å². The first-order valence-corrected chi connectivity index (χ1v) is 10.2. The average molecular weight is 370 g/mol. The fourth-order valence-electron chi connectivity index (χ4n) is 3.81. The molecule has 0 amide bonds. The lowest BCUT2D eigenvalue weighted by Crippen LogP contribution is -2.26. The third-order valence-electron chi connectivity index (χ3n) is 5.26. The van der Waals surface area contributed by atoms with E-state index in [1.807, 2.05) is 0 Å². The Morgan fingerprint density at radius 1 is 1.15 bits per heavy atom. The predicted molar refractivity (Wildman–Crippen MR) is 102 cm³/mol. The van der Waals surface area contributed by atoms with Gasteiger partial charge < -0.3 is 10.0 Å². The Morgan fingerprint density at radius 2 is 1.92 bits per heavy atom. The smallest absolute Gasteiger partial charge is 0.268 e. The summed E-state index contributed by atoms with van der Waals surface area (Å²) in [5, 5.41) is 10.7. The van der Waals surface area contributed by atoms with Crippen molar-refractivity contribution in [3.63, 3.8) is 0 Å². The zero-order chi connectivity index (χ0) is 18.3. The van der Waals surface area contributed by atoms with Gasteiger partial charge in [0.1, 0.15) is 5.75 Å². The summed E-state index contributed by atoms with van der Waals surface area (Å²) in [4.78, 5) is 2.58. The minimum Gasteiger partial charge on any atom is -0.508 e. The first-order valence-electron chi connectivity index (χ1n) is 8.80. The van der Waals surface area contributed by atoms with E-state index in [1.165, 1.54) is 10.0 Å². The van der Waals surface area contributed by atoms with E-state index < -0.39 is 10.0 Å². The highest BCUT2D eigenvalue weighted by molar-refractivity contribution is 7.90. The van der Waals surface area contributed by atoms with Gasteiger partial charge in [0, 0.05) is 17.6 Å². The van der Waals surface area contributed by atoms with E-state index in [0.717, 1.165) is 36.8 Å². The highest BCUT2D eigenvalue weighted by atomic mass is 32.2. The van der Waals surface area contributed by atoms with E-state index in [9.17, 15) is 13.5 Å². The molecule has 0 aliphatic carbocycles. The number of likely N-dealkylation sites (tertiary alicyclic amines) is 1. The summed E-state index contributed by atoms with van der Waals surface area (Å²) < 4.78 is 27.6. The van der Waals surface area contributed by atoms with Crippen LogP contribution < -0.4 is 0 Å². The maximum atomic E-state index is 13.1. The molecule has 1 N–H and O–H groups in total. The van der Waals surface area contributed by atoms with Crippen molar-refractivity contribution >= 4 is 20.9 Å². The number of phenolic OH excluding ortho intramolecular Hbond substituents is 1. The zero-order valence-electron chi connectivity index (χ0n) is 14.7. The fraction of sp³-hybridized carbons (Fsp3) is 0.300. The van der Waals surface area contributed by atoms with Crippen LogP contribution in [0.5, 0.6) is 5.75 Å². The van der Waals surface area contributed by atoms with Crippen LogP contribution in [0.2, 0.25) is 0 Å². The number of fused-ring (bicyclic) bond motifs is 1. The molecule has 1 unspecified atom stereocenters. The molecule has 4 rings (SSSR count). The van der Waals surface area contributed by atoms with E-state index >= 15 is 0 Å². The van der Waals surface area contributed by atoms with Gasteiger partial charge >= 0.3 is 0 Å². The summed E-state index contributed by atoms with van der Waals surface area (Å²) in [6.07, 6.45) is 4.76. The number of hydrogen-bond donors (Lipinski definition) is 1.